The van der Waals surface area contributed by atoms with Gasteiger partial charge in [0.15, 0.2) is 17.6 Å². The lowest BCUT2D eigenvalue weighted by atomic mass is 9.96. The molecule has 0 aliphatic carbocycles. The van der Waals surface area contributed by atoms with Crippen LogP contribution in [0.5, 0.6) is 11.5 Å². The van der Waals surface area contributed by atoms with E-state index in [0.717, 1.165) is 16.7 Å². The van der Waals surface area contributed by atoms with Crippen LogP contribution in [0.1, 0.15) is 44.3 Å². The maximum absolute atomic E-state index is 12.7. The van der Waals surface area contributed by atoms with Crippen molar-refractivity contribution in [2.45, 2.75) is 33.8 Å². The Morgan fingerprint density at radius 2 is 1.46 bits per heavy atom. The van der Waals surface area contributed by atoms with Crippen molar-refractivity contribution in [1.29, 1.82) is 0 Å². The van der Waals surface area contributed by atoms with Crippen molar-refractivity contribution in [3.05, 3.63) is 58.1 Å². The number of carbonyl (C=O) groups is 2. The summed E-state index contributed by atoms with van der Waals surface area (Å²) in [6.45, 7) is 7.40. The summed E-state index contributed by atoms with van der Waals surface area (Å²) in [5, 5.41) is 0. The predicted octanol–water partition coefficient (Wildman–Crippen LogP) is 4.06. The largest absolute Gasteiger partial charge is 0.493 e. The predicted molar refractivity (Wildman–Crippen MR) is 99.4 cm³/mol. The fraction of sp³-hybridized carbons (Fsp3) is 0.333. The quantitative estimate of drug-likeness (QED) is 0.577. The molecule has 5 heteroatoms. The Balaban J connectivity index is 2.19. The first kappa shape index (κ1) is 19.5. The molecule has 0 saturated heterocycles. The zero-order chi connectivity index (χ0) is 19.4. The molecule has 0 aliphatic heterocycles. The third-order valence-corrected chi connectivity index (χ3v) is 4.38. The van der Waals surface area contributed by atoms with E-state index in [1.165, 1.54) is 20.3 Å². The zero-order valence-corrected chi connectivity index (χ0v) is 16.0. The molecule has 0 radical (unpaired) electrons. The maximum atomic E-state index is 12.7. The van der Waals surface area contributed by atoms with Gasteiger partial charge in [-0.1, -0.05) is 6.07 Å². The number of carbonyl (C=O) groups excluding carboxylic acids is 2. The van der Waals surface area contributed by atoms with E-state index in [4.69, 9.17) is 14.2 Å². The SMILES string of the molecule is COc1ccc(C(=O)O[C@H](C)C(=O)c2cc(C)c(C)cc2C)cc1OC. The Kier molecular flexibility index (Phi) is 6.03. The Bertz CT molecular complexity index is 839. The summed E-state index contributed by atoms with van der Waals surface area (Å²) < 4.78 is 15.7. The van der Waals surface area contributed by atoms with Crippen LogP contribution in [-0.4, -0.2) is 32.1 Å². The molecule has 0 saturated carbocycles. The molecule has 26 heavy (non-hydrogen) atoms. The van der Waals surface area contributed by atoms with E-state index in [-0.39, 0.29) is 5.78 Å². The van der Waals surface area contributed by atoms with Crippen LogP contribution in [0.3, 0.4) is 0 Å². The molecule has 0 amide bonds. The molecule has 0 aliphatic rings. The summed E-state index contributed by atoms with van der Waals surface area (Å²) in [4.78, 5) is 25.1. The van der Waals surface area contributed by atoms with Gasteiger partial charge in [-0.05, 0) is 68.7 Å². The summed E-state index contributed by atoms with van der Waals surface area (Å²) in [6.07, 6.45) is -0.892. The minimum Gasteiger partial charge on any atom is -0.493 e. The Labute approximate surface area is 153 Å². The number of hydrogen-bond donors (Lipinski definition) is 0. The topological polar surface area (TPSA) is 61.8 Å². The van der Waals surface area contributed by atoms with Crippen LogP contribution in [0.4, 0.5) is 0 Å². The van der Waals surface area contributed by atoms with Gasteiger partial charge in [-0.2, -0.15) is 0 Å². The molecule has 0 bridgehead atoms. The standard InChI is InChI=1S/C21H24O5/c1-12-9-14(3)17(10-13(12)2)20(22)15(4)26-21(23)16-7-8-18(24-5)19(11-16)25-6/h7-11,15H,1-6H3/t15-/m1/s1. The van der Waals surface area contributed by atoms with Crippen molar-refractivity contribution >= 4 is 11.8 Å². The van der Waals surface area contributed by atoms with E-state index < -0.39 is 12.1 Å². The Morgan fingerprint density at radius 3 is 2.08 bits per heavy atom. The van der Waals surface area contributed by atoms with Gasteiger partial charge in [0, 0.05) is 5.56 Å². The molecule has 138 valence electrons. The van der Waals surface area contributed by atoms with Crippen molar-refractivity contribution in [2.75, 3.05) is 14.2 Å². The van der Waals surface area contributed by atoms with Crippen LogP contribution in [0.25, 0.3) is 0 Å². The highest BCUT2D eigenvalue weighted by Gasteiger charge is 2.23. The fourth-order valence-corrected chi connectivity index (χ4v) is 2.69. The monoisotopic (exact) mass is 356 g/mol. The molecule has 2 rings (SSSR count). The van der Waals surface area contributed by atoms with Crippen molar-refractivity contribution in [1.82, 2.24) is 0 Å². The molecular weight excluding hydrogens is 332 g/mol. The number of ketones is 1. The third-order valence-electron chi connectivity index (χ3n) is 4.38. The summed E-state index contributed by atoms with van der Waals surface area (Å²) in [5.74, 6) is 0.123. The van der Waals surface area contributed by atoms with Gasteiger partial charge in [0.1, 0.15) is 0 Å². The minimum atomic E-state index is -0.892. The Hall–Kier alpha value is -2.82. The summed E-state index contributed by atoms with van der Waals surface area (Å²) in [7, 11) is 3.00. The Morgan fingerprint density at radius 1 is 0.846 bits per heavy atom. The second-order valence-electron chi connectivity index (χ2n) is 6.23. The lowest BCUT2D eigenvalue weighted by Crippen LogP contribution is -2.25. The molecule has 0 aromatic heterocycles. The maximum Gasteiger partial charge on any atom is 0.338 e. The molecule has 0 N–H and O–H groups in total. The first-order valence-electron chi connectivity index (χ1n) is 8.33. The van der Waals surface area contributed by atoms with Crippen molar-refractivity contribution in [3.63, 3.8) is 0 Å². The number of rotatable bonds is 6. The highest BCUT2D eigenvalue weighted by atomic mass is 16.5. The van der Waals surface area contributed by atoms with Gasteiger partial charge in [-0.15, -0.1) is 0 Å². The van der Waals surface area contributed by atoms with Crippen molar-refractivity contribution in [2.24, 2.45) is 0 Å². The smallest absolute Gasteiger partial charge is 0.338 e. The van der Waals surface area contributed by atoms with Gasteiger partial charge in [-0.25, -0.2) is 4.79 Å². The van der Waals surface area contributed by atoms with Gasteiger partial charge in [-0.3, -0.25) is 4.79 Å². The van der Waals surface area contributed by atoms with E-state index in [1.54, 1.807) is 19.1 Å². The van der Waals surface area contributed by atoms with Gasteiger partial charge in [0.05, 0.1) is 19.8 Å². The molecule has 0 spiro atoms. The van der Waals surface area contributed by atoms with E-state index in [0.29, 0.717) is 22.6 Å². The van der Waals surface area contributed by atoms with Crippen LogP contribution in [-0.2, 0) is 4.74 Å². The number of hydrogen-bond acceptors (Lipinski definition) is 5. The zero-order valence-electron chi connectivity index (χ0n) is 16.0. The number of esters is 1. The average Bonchev–Trinajstić information content (AvgIpc) is 2.63. The third kappa shape index (κ3) is 4.04. The molecule has 5 nitrogen and oxygen atoms in total. The minimum absolute atomic E-state index is 0.223. The van der Waals surface area contributed by atoms with E-state index in [2.05, 4.69) is 0 Å². The number of aryl methyl sites for hydroxylation is 3. The molecule has 0 fully saturated rings. The summed E-state index contributed by atoms with van der Waals surface area (Å²) in [5.41, 5.74) is 3.87. The number of ether oxygens (including phenoxy) is 3. The van der Waals surface area contributed by atoms with Gasteiger partial charge in [0.2, 0.25) is 5.78 Å². The molecular formula is C21H24O5. The molecule has 2 aromatic rings. The van der Waals surface area contributed by atoms with Gasteiger partial charge in [0.25, 0.3) is 0 Å². The fourth-order valence-electron chi connectivity index (χ4n) is 2.69. The number of Topliss-reactive ketones (excluding diaryl/α,β-unsaturated/α-hetero) is 1. The van der Waals surface area contributed by atoms with Crippen LogP contribution in [0.15, 0.2) is 30.3 Å². The van der Waals surface area contributed by atoms with Crippen LogP contribution in [0, 0.1) is 20.8 Å². The lowest BCUT2D eigenvalue weighted by molar-refractivity contribution is 0.0318. The second kappa shape index (κ2) is 8.04. The highest BCUT2D eigenvalue weighted by molar-refractivity contribution is 6.02. The van der Waals surface area contributed by atoms with E-state index in [9.17, 15) is 9.59 Å². The first-order valence-corrected chi connectivity index (χ1v) is 8.33. The van der Waals surface area contributed by atoms with Crippen molar-refractivity contribution in [3.8, 4) is 11.5 Å². The molecule has 2 aromatic carbocycles. The van der Waals surface area contributed by atoms with Crippen LogP contribution < -0.4 is 9.47 Å². The molecule has 1 atom stereocenters. The normalized spacial score (nSPS) is 11.6. The lowest BCUT2D eigenvalue weighted by Gasteiger charge is -2.16. The van der Waals surface area contributed by atoms with Crippen molar-refractivity contribution < 1.29 is 23.8 Å². The molecule has 0 heterocycles. The molecule has 0 unspecified atom stereocenters. The summed E-state index contributed by atoms with van der Waals surface area (Å²) >= 11 is 0. The van der Waals surface area contributed by atoms with Crippen LogP contribution in [0.2, 0.25) is 0 Å². The van der Waals surface area contributed by atoms with Crippen LogP contribution >= 0.6 is 0 Å². The highest BCUT2D eigenvalue weighted by Crippen LogP contribution is 2.28. The van der Waals surface area contributed by atoms with E-state index >= 15 is 0 Å². The van der Waals surface area contributed by atoms with Gasteiger partial charge >= 0.3 is 5.97 Å². The van der Waals surface area contributed by atoms with E-state index in [1.807, 2.05) is 32.9 Å². The average molecular weight is 356 g/mol. The number of methoxy groups -OCH3 is 2. The first-order chi connectivity index (χ1) is 12.3. The number of benzene rings is 2. The summed E-state index contributed by atoms with van der Waals surface area (Å²) in [6, 6.07) is 8.52. The second-order valence-corrected chi connectivity index (χ2v) is 6.23. The van der Waals surface area contributed by atoms with Gasteiger partial charge < -0.3 is 14.2 Å².